The number of carbonyl (C=O) groups is 1. The van der Waals surface area contributed by atoms with Gasteiger partial charge in [-0.05, 0) is 46.4 Å². The standard InChI is InChI=1S/C12H25N3O2/c1-4-15-7-5-10(6-8-15)14(3)9-12(2,13)11(16)17/h10H,4-9,13H2,1-3H3,(H,16,17). The number of piperidine rings is 1. The van der Waals surface area contributed by atoms with Crippen LogP contribution < -0.4 is 5.73 Å². The summed E-state index contributed by atoms with van der Waals surface area (Å²) in [6.07, 6.45) is 2.19. The van der Waals surface area contributed by atoms with Crippen molar-refractivity contribution in [2.45, 2.75) is 38.3 Å². The topological polar surface area (TPSA) is 69.8 Å². The fourth-order valence-electron chi connectivity index (χ4n) is 2.39. The number of nitrogens with zero attached hydrogens (tertiary/aromatic N) is 2. The fraction of sp³-hybridized carbons (Fsp3) is 0.917. The summed E-state index contributed by atoms with van der Waals surface area (Å²) in [5, 5.41) is 9.01. The number of carboxylic acids is 1. The highest BCUT2D eigenvalue weighted by Crippen LogP contribution is 2.16. The molecule has 0 aliphatic carbocycles. The summed E-state index contributed by atoms with van der Waals surface area (Å²) in [5.74, 6) is -0.935. The van der Waals surface area contributed by atoms with E-state index in [1.807, 2.05) is 7.05 Å². The molecule has 0 aromatic heterocycles. The molecule has 1 aliphatic rings. The molecule has 1 atom stereocenters. The van der Waals surface area contributed by atoms with Gasteiger partial charge < -0.3 is 20.6 Å². The molecule has 1 saturated heterocycles. The lowest BCUT2D eigenvalue weighted by molar-refractivity contribution is -0.143. The number of likely N-dealkylation sites (tertiary alicyclic amines) is 1. The first-order valence-electron chi connectivity index (χ1n) is 6.31. The molecule has 1 rings (SSSR count). The Morgan fingerprint density at radius 2 is 2.06 bits per heavy atom. The second-order valence-electron chi connectivity index (χ2n) is 5.30. The maximum absolute atomic E-state index is 11.0. The van der Waals surface area contributed by atoms with E-state index in [9.17, 15) is 4.79 Å². The van der Waals surface area contributed by atoms with Gasteiger partial charge in [-0.15, -0.1) is 0 Å². The van der Waals surface area contributed by atoms with Crippen molar-refractivity contribution in [3.05, 3.63) is 0 Å². The van der Waals surface area contributed by atoms with Crippen LogP contribution in [-0.2, 0) is 4.79 Å². The third kappa shape index (κ3) is 3.94. The Balaban J connectivity index is 2.44. The molecule has 0 radical (unpaired) electrons. The predicted molar refractivity (Wildman–Crippen MR) is 68.0 cm³/mol. The minimum Gasteiger partial charge on any atom is -0.480 e. The smallest absolute Gasteiger partial charge is 0.324 e. The lowest BCUT2D eigenvalue weighted by atomic mass is 9.99. The summed E-state index contributed by atoms with van der Waals surface area (Å²) in [5.41, 5.74) is 4.61. The predicted octanol–water partition coefficient (Wildman–Crippen LogP) is 0.205. The summed E-state index contributed by atoms with van der Waals surface area (Å²) in [7, 11) is 1.97. The number of rotatable bonds is 5. The molecule has 0 spiro atoms. The second kappa shape index (κ2) is 5.80. The molecule has 0 saturated carbocycles. The van der Waals surface area contributed by atoms with Crippen LogP contribution in [-0.4, -0.2) is 65.7 Å². The van der Waals surface area contributed by atoms with Crippen LogP contribution >= 0.6 is 0 Å². The number of carboxylic acid groups (broad SMARTS) is 1. The Kier molecular flexibility index (Phi) is 4.91. The summed E-state index contributed by atoms with van der Waals surface area (Å²) < 4.78 is 0. The van der Waals surface area contributed by atoms with Crippen LogP contribution in [0.2, 0.25) is 0 Å². The van der Waals surface area contributed by atoms with Gasteiger partial charge in [0.2, 0.25) is 0 Å². The molecule has 5 heteroatoms. The highest BCUT2D eigenvalue weighted by molar-refractivity contribution is 5.78. The molecule has 1 unspecified atom stereocenters. The third-order valence-corrected chi connectivity index (χ3v) is 3.69. The van der Waals surface area contributed by atoms with E-state index in [1.54, 1.807) is 6.92 Å². The van der Waals surface area contributed by atoms with E-state index in [0.717, 1.165) is 32.5 Å². The fourth-order valence-corrected chi connectivity index (χ4v) is 2.39. The van der Waals surface area contributed by atoms with Crippen LogP contribution in [0.1, 0.15) is 26.7 Å². The van der Waals surface area contributed by atoms with Gasteiger partial charge in [0.25, 0.3) is 0 Å². The Labute approximate surface area is 104 Å². The van der Waals surface area contributed by atoms with Gasteiger partial charge in [0, 0.05) is 12.6 Å². The molecule has 1 fully saturated rings. The second-order valence-corrected chi connectivity index (χ2v) is 5.30. The molecule has 3 N–H and O–H groups in total. The lowest BCUT2D eigenvalue weighted by Gasteiger charge is -2.38. The number of aliphatic carboxylic acids is 1. The first-order valence-corrected chi connectivity index (χ1v) is 6.31. The quantitative estimate of drug-likeness (QED) is 0.722. The van der Waals surface area contributed by atoms with Crippen LogP contribution in [0.3, 0.4) is 0 Å². The Hall–Kier alpha value is -0.650. The van der Waals surface area contributed by atoms with Crippen LogP contribution in [0.25, 0.3) is 0 Å². The summed E-state index contributed by atoms with van der Waals surface area (Å²) in [4.78, 5) is 15.5. The number of likely N-dealkylation sites (N-methyl/N-ethyl adjacent to an activating group) is 1. The summed E-state index contributed by atoms with van der Waals surface area (Å²) in [6, 6.07) is 0.458. The van der Waals surface area contributed by atoms with Crippen LogP contribution in [0.4, 0.5) is 0 Å². The monoisotopic (exact) mass is 243 g/mol. The third-order valence-electron chi connectivity index (χ3n) is 3.69. The van der Waals surface area contributed by atoms with Gasteiger partial charge in [-0.1, -0.05) is 6.92 Å². The summed E-state index contributed by atoms with van der Waals surface area (Å²) in [6.45, 7) is 7.44. The van der Waals surface area contributed by atoms with Crippen molar-refractivity contribution in [2.75, 3.05) is 33.2 Å². The van der Waals surface area contributed by atoms with E-state index >= 15 is 0 Å². The normalized spacial score (nSPS) is 22.6. The molecular weight excluding hydrogens is 218 g/mol. The molecule has 1 aliphatic heterocycles. The number of hydrogen-bond acceptors (Lipinski definition) is 4. The molecule has 1 heterocycles. The van der Waals surface area contributed by atoms with Crippen molar-refractivity contribution >= 4 is 5.97 Å². The molecule has 0 aromatic carbocycles. The maximum Gasteiger partial charge on any atom is 0.324 e. The highest BCUT2D eigenvalue weighted by Gasteiger charge is 2.32. The lowest BCUT2D eigenvalue weighted by Crippen LogP contribution is -2.56. The largest absolute Gasteiger partial charge is 0.480 e. The van der Waals surface area contributed by atoms with Gasteiger partial charge >= 0.3 is 5.97 Å². The highest BCUT2D eigenvalue weighted by atomic mass is 16.4. The van der Waals surface area contributed by atoms with Crippen molar-refractivity contribution in [1.82, 2.24) is 9.80 Å². The van der Waals surface area contributed by atoms with E-state index in [-0.39, 0.29) is 0 Å². The van der Waals surface area contributed by atoms with E-state index in [4.69, 9.17) is 10.8 Å². The van der Waals surface area contributed by atoms with Gasteiger partial charge in [-0.2, -0.15) is 0 Å². The van der Waals surface area contributed by atoms with E-state index < -0.39 is 11.5 Å². The van der Waals surface area contributed by atoms with Gasteiger partial charge in [-0.3, -0.25) is 4.79 Å². The molecule has 5 nitrogen and oxygen atoms in total. The van der Waals surface area contributed by atoms with Crippen molar-refractivity contribution < 1.29 is 9.90 Å². The Morgan fingerprint density at radius 3 is 2.47 bits per heavy atom. The molecule has 0 bridgehead atoms. The van der Waals surface area contributed by atoms with Crippen molar-refractivity contribution in [3.8, 4) is 0 Å². The average Bonchev–Trinajstić information content (AvgIpc) is 2.28. The minimum absolute atomic E-state index is 0.402. The average molecular weight is 243 g/mol. The Morgan fingerprint density at radius 1 is 1.53 bits per heavy atom. The Bertz CT molecular complexity index is 260. The van der Waals surface area contributed by atoms with E-state index in [0.29, 0.717) is 12.6 Å². The van der Waals surface area contributed by atoms with E-state index in [2.05, 4.69) is 16.7 Å². The van der Waals surface area contributed by atoms with E-state index in [1.165, 1.54) is 0 Å². The van der Waals surface area contributed by atoms with Crippen LogP contribution in [0.5, 0.6) is 0 Å². The van der Waals surface area contributed by atoms with Gasteiger partial charge in [0.1, 0.15) is 5.54 Å². The first-order chi connectivity index (χ1) is 7.86. The first kappa shape index (κ1) is 14.4. The van der Waals surface area contributed by atoms with Crippen LogP contribution in [0, 0.1) is 0 Å². The van der Waals surface area contributed by atoms with Gasteiger partial charge in [-0.25, -0.2) is 0 Å². The van der Waals surface area contributed by atoms with Crippen LogP contribution in [0.15, 0.2) is 0 Å². The SMILES string of the molecule is CCN1CCC(N(C)CC(C)(N)C(=O)O)CC1. The maximum atomic E-state index is 11.0. The van der Waals surface area contributed by atoms with Crippen molar-refractivity contribution in [3.63, 3.8) is 0 Å². The zero-order chi connectivity index (χ0) is 13.1. The van der Waals surface area contributed by atoms with Crippen molar-refractivity contribution in [1.29, 1.82) is 0 Å². The number of hydrogen-bond donors (Lipinski definition) is 2. The summed E-state index contributed by atoms with van der Waals surface area (Å²) >= 11 is 0. The molecule has 0 aromatic rings. The molecular formula is C12H25N3O2. The molecule has 100 valence electrons. The van der Waals surface area contributed by atoms with Gasteiger partial charge in [0.15, 0.2) is 0 Å². The van der Waals surface area contributed by atoms with Gasteiger partial charge in [0.05, 0.1) is 0 Å². The molecule has 17 heavy (non-hydrogen) atoms. The molecule has 0 amide bonds. The minimum atomic E-state index is -1.16. The number of nitrogens with two attached hydrogens (primary N) is 1. The van der Waals surface area contributed by atoms with Crippen molar-refractivity contribution in [2.24, 2.45) is 5.73 Å². The zero-order valence-electron chi connectivity index (χ0n) is 11.1. The zero-order valence-corrected chi connectivity index (χ0v) is 11.1.